The summed E-state index contributed by atoms with van der Waals surface area (Å²) in [5.74, 6) is 9.60. The zero-order valence-electron chi connectivity index (χ0n) is 13.6. The van der Waals surface area contributed by atoms with Crippen molar-refractivity contribution in [2.24, 2.45) is 0 Å². The van der Waals surface area contributed by atoms with E-state index in [1.54, 1.807) is 30.9 Å². The van der Waals surface area contributed by atoms with Crippen molar-refractivity contribution >= 4 is 17.0 Å². The fraction of sp³-hybridized carbons (Fsp3) is 0. The lowest BCUT2D eigenvalue weighted by Gasteiger charge is -2.03. The molecule has 0 aliphatic carbocycles. The van der Waals surface area contributed by atoms with Crippen LogP contribution in [-0.2, 0) is 0 Å². The van der Waals surface area contributed by atoms with Gasteiger partial charge in [0, 0.05) is 23.5 Å². The Labute approximate surface area is 149 Å². The van der Waals surface area contributed by atoms with Crippen LogP contribution >= 0.6 is 0 Å². The highest BCUT2D eigenvalue weighted by molar-refractivity contribution is 5.79. The Morgan fingerprint density at radius 2 is 1.73 bits per heavy atom. The van der Waals surface area contributed by atoms with Crippen LogP contribution in [0.4, 0.5) is 5.95 Å². The molecule has 4 aromatic rings. The van der Waals surface area contributed by atoms with Gasteiger partial charge in [-0.1, -0.05) is 17.8 Å². The molecule has 1 aromatic carbocycles. The van der Waals surface area contributed by atoms with Crippen LogP contribution in [0.1, 0.15) is 16.8 Å². The molecule has 3 heterocycles. The number of pyridine rings is 1. The summed E-state index contributed by atoms with van der Waals surface area (Å²) in [7, 11) is 0. The van der Waals surface area contributed by atoms with Gasteiger partial charge >= 0.3 is 0 Å². The van der Waals surface area contributed by atoms with Crippen molar-refractivity contribution in [2.45, 2.75) is 0 Å². The van der Waals surface area contributed by atoms with Gasteiger partial charge in [-0.3, -0.25) is 4.57 Å². The number of aromatic nitrogens is 5. The zero-order valence-corrected chi connectivity index (χ0v) is 13.6. The van der Waals surface area contributed by atoms with Crippen molar-refractivity contribution in [1.82, 2.24) is 24.5 Å². The fourth-order valence-electron chi connectivity index (χ4n) is 2.50. The number of nitrogens with two attached hydrogens (primary N) is 1. The van der Waals surface area contributed by atoms with Gasteiger partial charge in [0.1, 0.15) is 17.8 Å². The summed E-state index contributed by atoms with van der Waals surface area (Å²) >= 11 is 0. The van der Waals surface area contributed by atoms with Gasteiger partial charge in [0.2, 0.25) is 5.95 Å². The molecule has 6 nitrogen and oxygen atoms in total. The third-order valence-corrected chi connectivity index (χ3v) is 3.71. The lowest BCUT2D eigenvalue weighted by atomic mass is 10.1. The Bertz CT molecular complexity index is 1220. The molecule has 3 aromatic heterocycles. The first kappa shape index (κ1) is 15.4. The molecular weight excluding hydrogens is 324 g/mol. The zero-order chi connectivity index (χ0) is 17.9. The summed E-state index contributed by atoms with van der Waals surface area (Å²) in [6, 6.07) is 11.2. The van der Waals surface area contributed by atoms with E-state index in [1.165, 1.54) is 0 Å². The molecule has 0 bridgehead atoms. The summed E-state index contributed by atoms with van der Waals surface area (Å²) < 4.78 is 1.85. The molecule has 2 N–H and O–H groups in total. The van der Waals surface area contributed by atoms with E-state index in [9.17, 15) is 0 Å². The Morgan fingerprint density at radius 1 is 0.923 bits per heavy atom. The first-order chi connectivity index (χ1) is 12.7. The molecule has 0 amide bonds. The highest BCUT2D eigenvalue weighted by atomic mass is 15.1. The minimum Gasteiger partial charge on any atom is -0.368 e. The second-order valence-corrected chi connectivity index (χ2v) is 5.42. The van der Waals surface area contributed by atoms with E-state index < -0.39 is 0 Å². The lowest BCUT2D eigenvalue weighted by molar-refractivity contribution is 1.00. The molecule has 0 atom stereocenters. The van der Waals surface area contributed by atoms with Crippen LogP contribution < -0.4 is 5.73 Å². The van der Waals surface area contributed by atoms with Crippen molar-refractivity contribution in [3.05, 3.63) is 71.9 Å². The van der Waals surface area contributed by atoms with Gasteiger partial charge in [-0.2, -0.15) is 4.98 Å². The van der Waals surface area contributed by atoms with Gasteiger partial charge in [-0.05, 0) is 36.4 Å². The third-order valence-electron chi connectivity index (χ3n) is 3.71. The number of terminal acetylenes is 1. The number of hydrogen-bond acceptors (Lipinski definition) is 5. The third kappa shape index (κ3) is 2.95. The van der Waals surface area contributed by atoms with Gasteiger partial charge in [-0.25, -0.2) is 15.0 Å². The minimum absolute atomic E-state index is 0.210. The van der Waals surface area contributed by atoms with Crippen molar-refractivity contribution in [2.75, 3.05) is 5.73 Å². The molecule has 0 radical (unpaired) electrons. The van der Waals surface area contributed by atoms with Crippen molar-refractivity contribution in [3.8, 4) is 30.0 Å². The molecule has 6 heteroatoms. The Hall–Kier alpha value is -4.16. The van der Waals surface area contributed by atoms with E-state index in [0.717, 1.165) is 22.2 Å². The first-order valence-corrected chi connectivity index (χ1v) is 7.73. The quantitative estimate of drug-likeness (QED) is 0.539. The van der Waals surface area contributed by atoms with Crippen molar-refractivity contribution < 1.29 is 0 Å². The van der Waals surface area contributed by atoms with E-state index >= 15 is 0 Å². The summed E-state index contributed by atoms with van der Waals surface area (Å²) in [5, 5.41) is 0. The highest BCUT2D eigenvalue weighted by Gasteiger charge is 2.07. The predicted octanol–water partition coefficient (Wildman–Crippen LogP) is 2.17. The molecule has 26 heavy (non-hydrogen) atoms. The Morgan fingerprint density at radius 3 is 2.54 bits per heavy atom. The van der Waals surface area contributed by atoms with Gasteiger partial charge in [-0.15, -0.1) is 6.42 Å². The van der Waals surface area contributed by atoms with E-state index in [4.69, 9.17) is 12.2 Å². The average Bonchev–Trinajstić information content (AvgIpc) is 3.10. The minimum atomic E-state index is 0.210. The number of fused-ring (bicyclic) bond motifs is 1. The number of hydrogen-bond donors (Lipinski definition) is 1. The number of imidazole rings is 1. The maximum atomic E-state index is 5.68. The molecule has 4 rings (SSSR count). The molecule has 0 aliphatic heterocycles. The van der Waals surface area contributed by atoms with Gasteiger partial charge in [0.05, 0.1) is 11.0 Å². The lowest BCUT2D eigenvalue weighted by Crippen LogP contribution is -2.01. The van der Waals surface area contributed by atoms with Gasteiger partial charge < -0.3 is 5.73 Å². The highest BCUT2D eigenvalue weighted by Crippen LogP contribution is 2.18. The standard InChI is InChI=1S/C20H12N6/c1-2-16-11-15(7-9-22-16)4-3-14-5-6-17-18(12-14)26(13-24-17)19-8-10-23-20(21)25-19/h1,5-13H,(H2,21,23,25). The normalized spacial score (nSPS) is 10.1. The summed E-state index contributed by atoms with van der Waals surface area (Å²) in [5.41, 5.74) is 9.62. The number of rotatable bonds is 1. The first-order valence-electron chi connectivity index (χ1n) is 7.73. The smallest absolute Gasteiger partial charge is 0.221 e. The largest absolute Gasteiger partial charge is 0.368 e. The van der Waals surface area contributed by atoms with Crippen LogP contribution in [-0.4, -0.2) is 24.5 Å². The van der Waals surface area contributed by atoms with E-state index in [0.29, 0.717) is 11.5 Å². The number of nitrogens with zero attached hydrogens (tertiary/aromatic N) is 5. The molecule has 0 saturated carbocycles. The van der Waals surface area contributed by atoms with Crippen LogP contribution in [0.3, 0.4) is 0 Å². The molecule has 0 spiro atoms. The summed E-state index contributed by atoms with van der Waals surface area (Å²) in [4.78, 5) is 16.6. The van der Waals surface area contributed by atoms with E-state index in [1.807, 2.05) is 28.8 Å². The second-order valence-electron chi connectivity index (χ2n) is 5.42. The number of nitrogen functional groups attached to an aromatic ring is 1. The predicted molar refractivity (Wildman–Crippen MR) is 99.2 cm³/mol. The number of benzene rings is 1. The van der Waals surface area contributed by atoms with Crippen LogP contribution in [0.2, 0.25) is 0 Å². The van der Waals surface area contributed by atoms with E-state index in [-0.39, 0.29) is 5.95 Å². The monoisotopic (exact) mass is 336 g/mol. The molecule has 0 unspecified atom stereocenters. The molecular formula is C20H12N6. The summed E-state index contributed by atoms with van der Waals surface area (Å²) in [6.45, 7) is 0. The van der Waals surface area contributed by atoms with Crippen LogP contribution in [0.5, 0.6) is 0 Å². The second kappa shape index (κ2) is 6.39. The van der Waals surface area contributed by atoms with Gasteiger partial charge in [0.25, 0.3) is 0 Å². The molecule has 0 fully saturated rings. The average molecular weight is 336 g/mol. The summed E-state index contributed by atoms with van der Waals surface area (Å²) in [6.07, 6.45) is 10.3. The van der Waals surface area contributed by atoms with Gasteiger partial charge in [0.15, 0.2) is 0 Å². The molecule has 122 valence electrons. The van der Waals surface area contributed by atoms with Crippen molar-refractivity contribution in [3.63, 3.8) is 0 Å². The van der Waals surface area contributed by atoms with Crippen LogP contribution in [0, 0.1) is 24.2 Å². The topological polar surface area (TPSA) is 82.5 Å². The molecule has 0 aliphatic rings. The van der Waals surface area contributed by atoms with Crippen molar-refractivity contribution in [1.29, 1.82) is 0 Å². The Balaban J connectivity index is 1.75. The maximum Gasteiger partial charge on any atom is 0.221 e. The maximum absolute atomic E-state index is 5.68. The number of anilines is 1. The van der Waals surface area contributed by atoms with Crippen LogP contribution in [0.15, 0.2) is 55.1 Å². The SMILES string of the molecule is C#Cc1cc(C#Cc2ccc3ncn(-c4ccnc(N)n4)c3c2)ccn1. The fourth-order valence-corrected chi connectivity index (χ4v) is 2.50. The van der Waals surface area contributed by atoms with E-state index in [2.05, 4.69) is 37.7 Å². The molecule has 0 saturated heterocycles. The van der Waals surface area contributed by atoms with Crippen LogP contribution in [0.25, 0.3) is 16.9 Å². The Kier molecular flexibility index (Phi) is 3.78.